The topological polar surface area (TPSA) is 86.5 Å². The van der Waals surface area contributed by atoms with E-state index in [-0.39, 0.29) is 18.4 Å². The Kier molecular flexibility index (Phi) is 8.19. The third-order valence-electron chi connectivity index (χ3n) is 3.36. The first-order valence-corrected chi connectivity index (χ1v) is 12.2. The molecule has 7 nitrogen and oxygen atoms in total. The number of aromatic nitrogens is 2. The molecule has 1 atom stereocenters. The van der Waals surface area contributed by atoms with Crippen LogP contribution in [0.1, 0.15) is 43.6 Å². The van der Waals surface area contributed by atoms with Crippen molar-refractivity contribution in [1.82, 2.24) is 15.2 Å². The number of nitrogens with zero attached hydrogens (tertiary/aromatic N) is 2. The van der Waals surface area contributed by atoms with E-state index < -0.39 is 6.72 Å². The zero-order valence-electron chi connectivity index (χ0n) is 16.1. The molecule has 0 amide bonds. The van der Waals surface area contributed by atoms with E-state index in [4.69, 9.17) is 25.4 Å². The number of nitrogens with one attached hydrogen (secondary N) is 1. The van der Waals surface area contributed by atoms with Gasteiger partial charge in [0.25, 0.3) is 0 Å². The number of rotatable bonds is 10. The normalized spacial score (nSPS) is 13.7. The molecule has 0 saturated heterocycles. The van der Waals surface area contributed by atoms with Gasteiger partial charge in [-0.05, 0) is 69.3 Å². The highest BCUT2D eigenvalue weighted by Crippen LogP contribution is 2.57. The van der Waals surface area contributed by atoms with Crippen molar-refractivity contribution in [3.63, 3.8) is 0 Å². The quantitative estimate of drug-likeness (QED) is 0.505. The molecule has 10 heteroatoms. The summed E-state index contributed by atoms with van der Waals surface area (Å²) in [6, 6.07) is 3.76. The first kappa shape index (κ1) is 22.2. The lowest BCUT2D eigenvalue weighted by molar-refractivity contribution is 0.285. The lowest BCUT2D eigenvalue weighted by Gasteiger charge is -2.19. The summed E-state index contributed by atoms with van der Waals surface area (Å²) in [5.74, 6) is 1.76. The van der Waals surface area contributed by atoms with Crippen LogP contribution in [0.2, 0.25) is 5.02 Å². The van der Waals surface area contributed by atoms with Crippen LogP contribution < -0.4 is 9.82 Å². The highest BCUT2D eigenvalue weighted by molar-refractivity contribution is 8.55. The van der Waals surface area contributed by atoms with Crippen LogP contribution in [0.3, 0.4) is 0 Å². The van der Waals surface area contributed by atoms with Gasteiger partial charge in [0.05, 0.1) is 12.4 Å². The van der Waals surface area contributed by atoms with Crippen molar-refractivity contribution >= 4 is 29.7 Å². The molecule has 0 radical (unpaired) electrons. The second kappa shape index (κ2) is 9.94. The molecule has 27 heavy (non-hydrogen) atoms. The Labute approximate surface area is 168 Å². The van der Waals surface area contributed by atoms with Gasteiger partial charge in [-0.25, -0.2) is 5.09 Å². The van der Waals surface area contributed by atoms with E-state index in [1.807, 2.05) is 39.8 Å². The molecule has 1 N–H and O–H groups in total. The second-order valence-electron chi connectivity index (χ2n) is 6.24. The van der Waals surface area contributed by atoms with E-state index >= 15 is 0 Å². The monoisotopic (exact) mass is 433 g/mol. The molecule has 0 fully saturated rings. The molecular formula is C17H25ClN3O4PS. The summed E-state index contributed by atoms with van der Waals surface area (Å²) in [6.45, 7) is 6.98. The lowest BCUT2D eigenvalue weighted by atomic mass is 10.1. The molecule has 0 aliphatic carbocycles. The molecule has 0 aliphatic heterocycles. The average Bonchev–Trinajstić information content (AvgIpc) is 3.03. The van der Waals surface area contributed by atoms with Crippen LogP contribution in [0.15, 0.2) is 16.7 Å². The molecule has 2 rings (SSSR count). The molecule has 0 aliphatic rings. The SMILES string of the molecule is CCOP(=O)(NC(C)C)SCc1nc(COc2cc(C)c(Cl)c(C)c2)no1. The Morgan fingerprint density at radius 3 is 2.59 bits per heavy atom. The minimum Gasteiger partial charge on any atom is -0.485 e. The maximum absolute atomic E-state index is 12.7. The van der Waals surface area contributed by atoms with E-state index in [0.717, 1.165) is 27.5 Å². The van der Waals surface area contributed by atoms with Crippen LogP contribution in [-0.2, 0) is 21.4 Å². The fraction of sp³-hybridized carbons (Fsp3) is 0.529. The Morgan fingerprint density at radius 1 is 1.33 bits per heavy atom. The van der Waals surface area contributed by atoms with E-state index in [1.165, 1.54) is 0 Å². The van der Waals surface area contributed by atoms with Gasteiger partial charge in [-0.3, -0.25) is 4.57 Å². The first-order chi connectivity index (χ1) is 12.7. The smallest absolute Gasteiger partial charge is 0.327 e. The summed E-state index contributed by atoms with van der Waals surface area (Å²) < 4.78 is 29.0. The summed E-state index contributed by atoms with van der Waals surface area (Å²) in [6.07, 6.45) is 0. The van der Waals surface area contributed by atoms with Gasteiger partial charge in [0.15, 0.2) is 6.61 Å². The standard InChI is InChI=1S/C17H25ClN3O4PS/c1-6-24-26(22,21-11(2)3)27-10-16-19-15(20-25-16)9-23-14-7-12(4)17(18)13(5)8-14/h7-8,11H,6,9-10H2,1-5H3,(H,21,22). The average molecular weight is 434 g/mol. The predicted octanol–water partition coefficient (Wildman–Crippen LogP) is 5.29. The maximum Gasteiger partial charge on any atom is 0.327 e. The van der Waals surface area contributed by atoms with Crippen LogP contribution >= 0.6 is 29.7 Å². The lowest BCUT2D eigenvalue weighted by Crippen LogP contribution is -2.19. The summed E-state index contributed by atoms with van der Waals surface area (Å²) >= 11 is 7.29. The van der Waals surface area contributed by atoms with Crippen LogP contribution in [0.5, 0.6) is 5.75 Å². The first-order valence-electron chi connectivity index (χ1n) is 8.60. The van der Waals surface area contributed by atoms with Gasteiger partial charge in [-0.2, -0.15) is 4.98 Å². The zero-order valence-corrected chi connectivity index (χ0v) is 18.6. The van der Waals surface area contributed by atoms with Crippen LogP contribution in [0, 0.1) is 13.8 Å². The predicted molar refractivity (Wildman–Crippen MR) is 108 cm³/mol. The van der Waals surface area contributed by atoms with Gasteiger partial charge in [0.1, 0.15) is 5.75 Å². The van der Waals surface area contributed by atoms with E-state index in [1.54, 1.807) is 6.92 Å². The van der Waals surface area contributed by atoms with Crippen LogP contribution in [-0.4, -0.2) is 22.8 Å². The largest absolute Gasteiger partial charge is 0.485 e. The van der Waals surface area contributed by atoms with Crippen molar-refractivity contribution in [2.24, 2.45) is 0 Å². The van der Waals surface area contributed by atoms with Gasteiger partial charge >= 0.3 is 6.72 Å². The van der Waals surface area contributed by atoms with Crippen molar-refractivity contribution < 1.29 is 18.3 Å². The molecule has 1 aromatic heterocycles. The second-order valence-corrected chi connectivity index (χ2v) is 10.9. The zero-order chi connectivity index (χ0) is 20.0. The van der Waals surface area contributed by atoms with E-state index in [2.05, 4.69) is 15.2 Å². The molecule has 0 spiro atoms. The minimum atomic E-state index is -3.02. The molecule has 1 heterocycles. The molecule has 2 aromatic rings. The Morgan fingerprint density at radius 2 is 2.00 bits per heavy atom. The fourth-order valence-electron chi connectivity index (χ4n) is 2.28. The molecule has 0 saturated carbocycles. The minimum absolute atomic E-state index is 0.0350. The van der Waals surface area contributed by atoms with Gasteiger partial charge < -0.3 is 13.8 Å². The summed E-state index contributed by atoms with van der Waals surface area (Å²) in [7, 11) is 0. The van der Waals surface area contributed by atoms with Crippen molar-refractivity contribution in [1.29, 1.82) is 0 Å². The third-order valence-corrected chi connectivity index (χ3v) is 8.14. The van der Waals surface area contributed by atoms with Gasteiger partial charge in [0, 0.05) is 11.1 Å². The van der Waals surface area contributed by atoms with Crippen molar-refractivity contribution in [3.8, 4) is 5.75 Å². The van der Waals surface area contributed by atoms with Crippen LogP contribution in [0.4, 0.5) is 0 Å². The molecule has 1 aromatic carbocycles. The highest BCUT2D eigenvalue weighted by atomic mass is 35.5. The Hall–Kier alpha value is -1.05. The molecule has 150 valence electrons. The fourth-order valence-corrected chi connectivity index (χ4v) is 6.22. The van der Waals surface area contributed by atoms with Gasteiger partial charge in [-0.15, -0.1) is 0 Å². The summed E-state index contributed by atoms with van der Waals surface area (Å²) in [4.78, 5) is 4.28. The number of hydrogen-bond acceptors (Lipinski definition) is 7. The van der Waals surface area contributed by atoms with Crippen LogP contribution in [0.25, 0.3) is 0 Å². The van der Waals surface area contributed by atoms with E-state index in [9.17, 15) is 4.57 Å². The number of hydrogen-bond donors (Lipinski definition) is 1. The number of ether oxygens (including phenoxy) is 1. The summed E-state index contributed by atoms with van der Waals surface area (Å²) in [5.41, 5.74) is 1.89. The van der Waals surface area contributed by atoms with Crippen molar-refractivity contribution in [3.05, 3.63) is 40.0 Å². The number of halogens is 1. The third kappa shape index (κ3) is 6.80. The van der Waals surface area contributed by atoms with E-state index in [0.29, 0.717) is 24.1 Å². The molecule has 1 unspecified atom stereocenters. The molecule has 0 bridgehead atoms. The summed E-state index contributed by atoms with van der Waals surface area (Å²) in [5, 5.41) is 7.60. The Bertz CT molecular complexity index is 792. The highest BCUT2D eigenvalue weighted by Gasteiger charge is 2.25. The van der Waals surface area contributed by atoms with Gasteiger partial charge in [-0.1, -0.05) is 16.8 Å². The Balaban J connectivity index is 1.93. The van der Waals surface area contributed by atoms with Crippen molar-refractivity contribution in [2.75, 3.05) is 6.61 Å². The van der Waals surface area contributed by atoms with Crippen molar-refractivity contribution in [2.45, 2.75) is 53.0 Å². The molecular weight excluding hydrogens is 409 g/mol. The number of aryl methyl sites for hydroxylation is 2. The van der Waals surface area contributed by atoms with Gasteiger partial charge in [0.2, 0.25) is 11.7 Å². The number of benzene rings is 1. The maximum atomic E-state index is 12.7.